The number of hydrogen-bond donors (Lipinski definition) is 1. The zero-order valence-corrected chi connectivity index (χ0v) is 16.5. The van der Waals surface area contributed by atoms with Gasteiger partial charge in [0.2, 0.25) is 0 Å². The second kappa shape index (κ2) is 7.28. The molecule has 3 heterocycles. The van der Waals surface area contributed by atoms with Crippen LogP contribution in [0.5, 0.6) is 0 Å². The Labute approximate surface area is 164 Å². The maximum atomic E-state index is 11.9. The molecule has 0 amide bonds. The van der Waals surface area contributed by atoms with Crippen molar-refractivity contribution < 1.29 is 14.6 Å². The van der Waals surface area contributed by atoms with Gasteiger partial charge in [0.05, 0.1) is 24.3 Å². The lowest BCUT2D eigenvalue weighted by molar-refractivity contribution is 0.0696. The van der Waals surface area contributed by atoms with Gasteiger partial charge in [0.15, 0.2) is 0 Å². The summed E-state index contributed by atoms with van der Waals surface area (Å²) in [4.78, 5) is 18.7. The largest absolute Gasteiger partial charge is 0.478 e. The fourth-order valence-electron chi connectivity index (χ4n) is 3.93. The van der Waals surface area contributed by atoms with E-state index in [2.05, 4.69) is 34.4 Å². The van der Waals surface area contributed by atoms with Crippen molar-refractivity contribution in [1.82, 2.24) is 9.55 Å². The predicted octanol–water partition coefficient (Wildman–Crippen LogP) is 4.13. The highest BCUT2D eigenvalue weighted by Crippen LogP contribution is 2.35. The summed E-state index contributed by atoms with van der Waals surface area (Å²) in [5.74, 6) is 0.0173. The molecule has 0 radical (unpaired) electrons. The van der Waals surface area contributed by atoms with Gasteiger partial charge in [-0.15, -0.1) is 0 Å². The molecular formula is C22H25N3O3. The Hall–Kier alpha value is -2.86. The average molecular weight is 379 g/mol. The molecule has 4 rings (SSSR count). The van der Waals surface area contributed by atoms with Gasteiger partial charge >= 0.3 is 5.97 Å². The molecule has 1 aliphatic rings. The molecule has 1 fully saturated rings. The van der Waals surface area contributed by atoms with Crippen molar-refractivity contribution in [2.75, 3.05) is 31.2 Å². The monoisotopic (exact) mass is 379 g/mol. The molecule has 0 aliphatic carbocycles. The molecule has 0 unspecified atom stereocenters. The standard InChI is InChI=1S/C22H25N3O3/c1-14(2)25-7-6-17-19(12-18(22(26)27)15(3)21(17)25)16-4-5-20(23-13-16)24-8-10-28-11-9-24/h4-7,12-14H,8-11H2,1-3H3,(H,26,27). The number of carboxylic acids is 1. The van der Waals surface area contributed by atoms with Crippen LogP contribution in [0.1, 0.15) is 35.8 Å². The molecular weight excluding hydrogens is 354 g/mol. The summed E-state index contributed by atoms with van der Waals surface area (Å²) in [5, 5.41) is 10.8. The molecule has 0 spiro atoms. The number of rotatable bonds is 4. The first-order chi connectivity index (χ1) is 13.5. The van der Waals surface area contributed by atoms with E-state index in [1.165, 1.54) is 0 Å². The molecule has 28 heavy (non-hydrogen) atoms. The number of hydrogen-bond acceptors (Lipinski definition) is 4. The minimum atomic E-state index is -0.907. The fraction of sp³-hybridized carbons (Fsp3) is 0.364. The van der Waals surface area contributed by atoms with Gasteiger partial charge in [-0.25, -0.2) is 9.78 Å². The molecule has 0 atom stereocenters. The van der Waals surface area contributed by atoms with Crippen LogP contribution < -0.4 is 4.90 Å². The summed E-state index contributed by atoms with van der Waals surface area (Å²) in [7, 11) is 0. The Morgan fingerprint density at radius 3 is 2.57 bits per heavy atom. The Balaban J connectivity index is 1.84. The van der Waals surface area contributed by atoms with Crippen LogP contribution in [0.2, 0.25) is 0 Å². The normalized spacial score (nSPS) is 14.8. The molecule has 146 valence electrons. The summed E-state index contributed by atoms with van der Waals surface area (Å²) < 4.78 is 7.54. The summed E-state index contributed by atoms with van der Waals surface area (Å²) in [6, 6.07) is 8.12. The van der Waals surface area contributed by atoms with Crippen LogP contribution in [0.15, 0.2) is 36.7 Å². The fourth-order valence-corrected chi connectivity index (χ4v) is 3.93. The summed E-state index contributed by atoms with van der Waals surface area (Å²) in [6.07, 6.45) is 3.88. The minimum Gasteiger partial charge on any atom is -0.478 e. The van der Waals surface area contributed by atoms with Gasteiger partial charge in [0.25, 0.3) is 0 Å². The number of aryl methyl sites for hydroxylation is 1. The van der Waals surface area contributed by atoms with E-state index in [0.29, 0.717) is 18.8 Å². The number of morpholine rings is 1. The maximum Gasteiger partial charge on any atom is 0.336 e. The second-order valence-electron chi connectivity index (χ2n) is 7.49. The zero-order valence-electron chi connectivity index (χ0n) is 16.5. The molecule has 1 aromatic carbocycles. The van der Waals surface area contributed by atoms with Crippen LogP contribution in [0, 0.1) is 6.92 Å². The lowest BCUT2D eigenvalue weighted by Crippen LogP contribution is -2.36. The van der Waals surface area contributed by atoms with Gasteiger partial charge in [-0.2, -0.15) is 0 Å². The topological polar surface area (TPSA) is 67.6 Å². The number of fused-ring (bicyclic) bond motifs is 1. The van der Waals surface area contributed by atoms with Gasteiger partial charge in [-0.3, -0.25) is 0 Å². The van der Waals surface area contributed by atoms with Crippen molar-refractivity contribution in [3.63, 3.8) is 0 Å². The van der Waals surface area contributed by atoms with Gasteiger partial charge < -0.3 is 19.3 Å². The highest BCUT2D eigenvalue weighted by molar-refractivity contribution is 6.04. The van der Waals surface area contributed by atoms with Crippen LogP contribution >= 0.6 is 0 Å². The van der Waals surface area contributed by atoms with Gasteiger partial charge in [0.1, 0.15) is 5.82 Å². The minimum absolute atomic E-state index is 0.245. The summed E-state index contributed by atoms with van der Waals surface area (Å²) in [6.45, 7) is 9.19. The van der Waals surface area contributed by atoms with E-state index in [-0.39, 0.29) is 6.04 Å². The number of aromatic nitrogens is 2. The highest BCUT2D eigenvalue weighted by Gasteiger charge is 2.19. The Kier molecular flexibility index (Phi) is 4.81. The third-order valence-electron chi connectivity index (χ3n) is 5.43. The molecule has 1 N–H and O–H groups in total. The Morgan fingerprint density at radius 2 is 1.96 bits per heavy atom. The molecule has 0 bridgehead atoms. The van der Waals surface area contributed by atoms with Crippen molar-refractivity contribution in [3.8, 4) is 11.1 Å². The molecule has 2 aromatic heterocycles. The number of nitrogens with zero attached hydrogens (tertiary/aromatic N) is 3. The van der Waals surface area contributed by atoms with Crippen molar-refractivity contribution in [2.24, 2.45) is 0 Å². The van der Waals surface area contributed by atoms with Crippen molar-refractivity contribution >= 4 is 22.7 Å². The maximum absolute atomic E-state index is 11.9. The van der Waals surface area contributed by atoms with E-state index in [1.807, 2.05) is 31.5 Å². The third kappa shape index (κ3) is 3.14. The van der Waals surface area contributed by atoms with E-state index in [4.69, 9.17) is 4.74 Å². The number of anilines is 1. The summed E-state index contributed by atoms with van der Waals surface area (Å²) >= 11 is 0. The molecule has 3 aromatic rings. The van der Waals surface area contributed by atoms with E-state index >= 15 is 0 Å². The van der Waals surface area contributed by atoms with Gasteiger partial charge in [-0.1, -0.05) is 0 Å². The van der Waals surface area contributed by atoms with Crippen LogP contribution in [-0.2, 0) is 4.74 Å². The number of carboxylic acid groups (broad SMARTS) is 1. The Bertz CT molecular complexity index is 1020. The van der Waals surface area contributed by atoms with E-state index in [9.17, 15) is 9.90 Å². The van der Waals surface area contributed by atoms with Crippen molar-refractivity contribution in [1.29, 1.82) is 0 Å². The predicted molar refractivity (Wildman–Crippen MR) is 110 cm³/mol. The molecule has 6 nitrogen and oxygen atoms in total. The number of carbonyl (C=O) groups is 1. The molecule has 1 saturated heterocycles. The first-order valence-corrected chi connectivity index (χ1v) is 9.64. The summed E-state index contributed by atoms with van der Waals surface area (Å²) in [5.41, 5.74) is 3.93. The quantitative estimate of drug-likeness (QED) is 0.738. The molecule has 6 heteroatoms. The van der Waals surface area contributed by atoms with Gasteiger partial charge in [0, 0.05) is 42.5 Å². The smallest absolute Gasteiger partial charge is 0.336 e. The van der Waals surface area contributed by atoms with Crippen LogP contribution in [0.4, 0.5) is 5.82 Å². The van der Waals surface area contributed by atoms with Crippen molar-refractivity contribution in [2.45, 2.75) is 26.8 Å². The Morgan fingerprint density at radius 1 is 1.21 bits per heavy atom. The molecule has 0 saturated carbocycles. The first-order valence-electron chi connectivity index (χ1n) is 9.64. The first kappa shape index (κ1) is 18.5. The average Bonchev–Trinajstić information content (AvgIpc) is 3.15. The third-order valence-corrected chi connectivity index (χ3v) is 5.43. The highest BCUT2D eigenvalue weighted by atomic mass is 16.5. The van der Waals surface area contributed by atoms with E-state index in [1.54, 1.807) is 6.07 Å². The lowest BCUT2D eigenvalue weighted by atomic mass is 9.96. The lowest BCUT2D eigenvalue weighted by Gasteiger charge is -2.27. The van der Waals surface area contributed by atoms with Gasteiger partial charge in [-0.05, 0) is 56.2 Å². The molecule has 1 aliphatic heterocycles. The second-order valence-corrected chi connectivity index (χ2v) is 7.49. The van der Waals surface area contributed by atoms with Crippen molar-refractivity contribution in [3.05, 3.63) is 47.8 Å². The van der Waals surface area contributed by atoms with Crippen LogP contribution in [0.25, 0.3) is 22.0 Å². The van der Waals surface area contributed by atoms with Crippen LogP contribution in [0.3, 0.4) is 0 Å². The number of aromatic carboxylic acids is 1. The van der Waals surface area contributed by atoms with E-state index < -0.39 is 5.97 Å². The van der Waals surface area contributed by atoms with Crippen LogP contribution in [-0.4, -0.2) is 46.9 Å². The number of pyridine rings is 1. The number of ether oxygens (including phenoxy) is 1. The number of benzene rings is 1. The van der Waals surface area contributed by atoms with E-state index in [0.717, 1.165) is 46.5 Å². The SMILES string of the molecule is Cc1c(C(=O)O)cc(-c2ccc(N3CCOCC3)nc2)c2ccn(C(C)C)c12. The zero-order chi connectivity index (χ0) is 19.8.